The molecule has 1 aliphatic rings. The molecule has 20 heavy (non-hydrogen) atoms. The normalized spacial score (nSPS) is 25.7. The highest BCUT2D eigenvalue weighted by Crippen LogP contribution is 2.18. The molecular formula is C16H29NO3. The van der Waals surface area contributed by atoms with Crippen LogP contribution in [0.25, 0.3) is 0 Å². The molecule has 0 aromatic heterocycles. The molecular weight excluding hydrogens is 254 g/mol. The van der Waals surface area contributed by atoms with Crippen LogP contribution in [0.15, 0.2) is 12.2 Å². The van der Waals surface area contributed by atoms with Gasteiger partial charge in [-0.2, -0.15) is 0 Å². The number of ether oxygens (including phenoxy) is 2. The van der Waals surface area contributed by atoms with Crippen molar-refractivity contribution in [2.75, 3.05) is 0 Å². The van der Waals surface area contributed by atoms with Crippen molar-refractivity contribution in [2.45, 2.75) is 84.1 Å². The Balaban J connectivity index is 2.47. The average molecular weight is 283 g/mol. The van der Waals surface area contributed by atoms with Gasteiger partial charge in [-0.1, -0.05) is 6.08 Å². The molecule has 0 aromatic rings. The fourth-order valence-corrected chi connectivity index (χ4v) is 2.35. The van der Waals surface area contributed by atoms with Gasteiger partial charge in [0.25, 0.3) is 0 Å². The molecule has 0 saturated heterocycles. The zero-order valence-electron chi connectivity index (χ0n) is 13.4. The first kappa shape index (κ1) is 17.0. The molecule has 0 radical (unpaired) electrons. The molecule has 0 heterocycles. The average Bonchev–Trinajstić information content (AvgIpc) is 2.24. The van der Waals surface area contributed by atoms with E-state index in [1.165, 1.54) is 0 Å². The zero-order chi connectivity index (χ0) is 15.2. The summed E-state index contributed by atoms with van der Waals surface area (Å²) >= 11 is 0. The molecule has 2 atom stereocenters. The highest BCUT2D eigenvalue weighted by atomic mass is 16.7. The Hall–Kier alpha value is -1.03. The Labute approximate surface area is 122 Å². The van der Waals surface area contributed by atoms with Gasteiger partial charge in [0.1, 0.15) is 6.10 Å². The topological polar surface area (TPSA) is 47.6 Å². The highest BCUT2D eigenvalue weighted by Gasteiger charge is 2.21. The molecule has 4 nitrogen and oxygen atoms in total. The minimum absolute atomic E-state index is 0.112. The van der Waals surface area contributed by atoms with Crippen molar-refractivity contribution < 1.29 is 14.3 Å². The van der Waals surface area contributed by atoms with Crippen molar-refractivity contribution in [2.24, 2.45) is 0 Å². The molecule has 0 aliphatic heterocycles. The van der Waals surface area contributed by atoms with Gasteiger partial charge in [-0.25, -0.2) is 4.79 Å². The van der Waals surface area contributed by atoms with Crippen LogP contribution in [0.1, 0.15) is 60.3 Å². The molecule has 2 unspecified atom stereocenters. The summed E-state index contributed by atoms with van der Waals surface area (Å²) in [6.07, 6.45) is 7.15. The van der Waals surface area contributed by atoms with E-state index in [2.05, 4.69) is 32.2 Å². The van der Waals surface area contributed by atoms with E-state index < -0.39 is 6.16 Å². The van der Waals surface area contributed by atoms with Crippen molar-refractivity contribution in [3.05, 3.63) is 12.2 Å². The second-order valence-electron chi connectivity index (χ2n) is 6.75. The lowest BCUT2D eigenvalue weighted by Crippen LogP contribution is -2.44. The van der Waals surface area contributed by atoms with Crippen LogP contribution >= 0.6 is 0 Å². The maximum atomic E-state index is 11.5. The second-order valence-corrected chi connectivity index (χ2v) is 6.75. The lowest BCUT2D eigenvalue weighted by molar-refractivity contribution is 0.0155. The summed E-state index contributed by atoms with van der Waals surface area (Å²) in [7, 11) is 0. The Morgan fingerprint density at radius 2 is 1.95 bits per heavy atom. The third-order valence-corrected chi connectivity index (χ3v) is 3.05. The molecule has 0 spiro atoms. The quantitative estimate of drug-likeness (QED) is 0.632. The largest absolute Gasteiger partial charge is 0.509 e. The van der Waals surface area contributed by atoms with Crippen LogP contribution in [0, 0.1) is 0 Å². The maximum Gasteiger partial charge on any atom is 0.509 e. The minimum atomic E-state index is -0.574. The smallest absolute Gasteiger partial charge is 0.432 e. The number of hydrogen-bond donors (Lipinski definition) is 1. The summed E-state index contributed by atoms with van der Waals surface area (Å²) in [6.45, 7) is 10.2. The van der Waals surface area contributed by atoms with Crippen LogP contribution in [-0.4, -0.2) is 29.9 Å². The monoisotopic (exact) mass is 283 g/mol. The standard InChI is InChI=1S/C16H29NO3/c1-12(2)19-15(18)20-14-9-7-6-8-13(10-11-14)17-16(3,4)5/h7,9,12-14,17H,6,8,10-11H2,1-5H3/b9-7+. The molecule has 0 fully saturated rings. The first-order valence-electron chi connectivity index (χ1n) is 7.58. The fourth-order valence-electron chi connectivity index (χ4n) is 2.35. The molecule has 1 rings (SSSR count). The van der Waals surface area contributed by atoms with Crippen molar-refractivity contribution in [1.82, 2.24) is 5.32 Å². The number of allylic oxidation sites excluding steroid dienone is 1. The molecule has 0 bridgehead atoms. The number of carbonyl (C=O) groups excluding carboxylic acids is 1. The Morgan fingerprint density at radius 3 is 2.55 bits per heavy atom. The zero-order valence-corrected chi connectivity index (χ0v) is 13.4. The van der Waals surface area contributed by atoms with Crippen LogP contribution in [-0.2, 0) is 9.47 Å². The third-order valence-electron chi connectivity index (χ3n) is 3.05. The lowest BCUT2D eigenvalue weighted by atomic mass is 9.96. The van der Waals surface area contributed by atoms with E-state index in [0.717, 1.165) is 25.7 Å². The number of hydrogen-bond acceptors (Lipinski definition) is 4. The first-order valence-corrected chi connectivity index (χ1v) is 7.58. The van der Waals surface area contributed by atoms with E-state index >= 15 is 0 Å². The second kappa shape index (κ2) is 7.67. The summed E-state index contributed by atoms with van der Waals surface area (Å²) in [5.74, 6) is 0. The summed E-state index contributed by atoms with van der Waals surface area (Å²) in [5, 5.41) is 3.63. The highest BCUT2D eigenvalue weighted by molar-refractivity contribution is 5.60. The van der Waals surface area contributed by atoms with E-state index in [1.807, 2.05) is 19.9 Å². The third kappa shape index (κ3) is 7.53. The van der Waals surface area contributed by atoms with Crippen molar-refractivity contribution in [1.29, 1.82) is 0 Å². The van der Waals surface area contributed by atoms with Crippen LogP contribution in [0.3, 0.4) is 0 Å². The van der Waals surface area contributed by atoms with Crippen LogP contribution in [0.5, 0.6) is 0 Å². The van der Waals surface area contributed by atoms with Gasteiger partial charge < -0.3 is 14.8 Å². The van der Waals surface area contributed by atoms with Crippen LogP contribution < -0.4 is 5.32 Å². The Bertz CT molecular complexity index is 331. The van der Waals surface area contributed by atoms with Crippen molar-refractivity contribution >= 4 is 6.16 Å². The van der Waals surface area contributed by atoms with Gasteiger partial charge in [0.2, 0.25) is 0 Å². The SMILES string of the molecule is CC(C)OC(=O)OC1/C=C/CCC(NC(C)(C)C)CC1. The van der Waals surface area contributed by atoms with E-state index in [1.54, 1.807) is 0 Å². The molecule has 0 aromatic carbocycles. The summed E-state index contributed by atoms with van der Waals surface area (Å²) in [6, 6.07) is 0.465. The van der Waals surface area contributed by atoms with E-state index in [0.29, 0.717) is 6.04 Å². The summed E-state index contributed by atoms with van der Waals surface area (Å²) in [5.41, 5.74) is 0.112. The van der Waals surface area contributed by atoms with Gasteiger partial charge in [0, 0.05) is 11.6 Å². The predicted molar refractivity (Wildman–Crippen MR) is 80.8 cm³/mol. The van der Waals surface area contributed by atoms with Crippen molar-refractivity contribution in [3.8, 4) is 0 Å². The van der Waals surface area contributed by atoms with Crippen molar-refractivity contribution in [3.63, 3.8) is 0 Å². The number of nitrogens with one attached hydrogen (secondary N) is 1. The van der Waals surface area contributed by atoms with Crippen LogP contribution in [0.4, 0.5) is 4.79 Å². The first-order chi connectivity index (χ1) is 9.26. The predicted octanol–water partition coefficient (Wildman–Crippen LogP) is 3.80. The van der Waals surface area contributed by atoms with Gasteiger partial charge in [-0.15, -0.1) is 0 Å². The molecule has 1 N–H and O–H groups in total. The maximum absolute atomic E-state index is 11.5. The Kier molecular flexibility index (Phi) is 6.53. The van der Waals surface area contributed by atoms with E-state index in [-0.39, 0.29) is 17.7 Å². The number of carbonyl (C=O) groups is 1. The van der Waals surface area contributed by atoms with E-state index in [9.17, 15) is 4.79 Å². The minimum Gasteiger partial charge on any atom is -0.432 e. The summed E-state index contributed by atoms with van der Waals surface area (Å²) < 4.78 is 10.4. The molecule has 4 heteroatoms. The molecule has 116 valence electrons. The fraction of sp³-hybridized carbons (Fsp3) is 0.812. The van der Waals surface area contributed by atoms with Crippen LogP contribution in [0.2, 0.25) is 0 Å². The van der Waals surface area contributed by atoms with Gasteiger partial charge in [0.15, 0.2) is 0 Å². The van der Waals surface area contributed by atoms with E-state index in [4.69, 9.17) is 9.47 Å². The summed E-state index contributed by atoms with van der Waals surface area (Å²) in [4.78, 5) is 11.5. The lowest BCUT2D eigenvalue weighted by Gasteiger charge is -2.30. The molecule has 0 saturated carbocycles. The van der Waals surface area contributed by atoms with Gasteiger partial charge in [-0.05, 0) is 66.4 Å². The van der Waals surface area contributed by atoms with Gasteiger partial charge >= 0.3 is 6.16 Å². The molecule has 0 amide bonds. The Morgan fingerprint density at radius 1 is 1.25 bits per heavy atom. The van der Waals surface area contributed by atoms with Gasteiger partial charge in [0.05, 0.1) is 6.10 Å². The molecule has 1 aliphatic carbocycles. The number of rotatable bonds is 3. The van der Waals surface area contributed by atoms with Gasteiger partial charge in [-0.3, -0.25) is 0 Å².